The summed E-state index contributed by atoms with van der Waals surface area (Å²) in [6.45, 7) is 0.931. The quantitative estimate of drug-likeness (QED) is 0.815. The fourth-order valence-corrected chi connectivity index (χ4v) is 5.39. The van der Waals surface area contributed by atoms with E-state index in [-0.39, 0.29) is 6.10 Å². The Hall–Kier alpha value is -1.20. The van der Waals surface area contributed by atoms with Crippen molar-refractivity contribution < 1.29 is 5.11 Å². The molecule has 5 heteroatoms. The maximum Gasteiger partial charge on any atom is 0.138 e. The summed E-state index contributed by atoms with van der Waals surface area (Å²) < 4.78 is 0. The predicted molar refractivity (Wildman–Crippen MR) is 95.1 cm³/mol. The molecule has 124 valence electrons. The first-order valence-electron chi connectivity index (χ1n) is 9.00. The van der Waals surface area contributed by atoms with Crippen molar-refractivity contribution in [2.75, 3.05) is 11.9 Å². The minimum Gasteiger partial charge on any atom is -0.393 e. The van der Waals surface area contributed by atoms with Gasteiger partial charge in [-0.25, -0.2) is 9.97 Å². The normalized spacial score (nSPS) is 24.0. The largest absolute Gasteiger partial charge is 0.393 e. The molecule has 2 atom stereocenters. The van der Waals surface area contributed by atoms with Crippen LogP contribution >= 0.6 is 11.3 Å². The highest BCUT2D eigenvalue weighted by molar-refractivity contribution is 7.19. The molecule has 0 saturated heterocycles. The third-order valence-corrected chi connectivity index (χ3v) is 6.61. The zero-order valence-corrected chi connectivity index (χ0v) is 14.4. The molecule has 1 saturated carbocycles. The number of thiophene rings is 1. The lowest BCUT2D eigenvalue weighted by molar-refractivity contribution is 0.0648. The van der Waals surface area contributed by atoms with Gasteiger partial charge in [0.2, 0.25) is 0 Å². The summed E-state index contributed by atoms with van der Waals surface area (Å²) in [6.07, 6.45) is 12.1. The van der Waals surface area contributed by atoms with Gasteiger partial charge in [0, 0.05) is 11.4 Å². The maximum absolute atomic E-state index is 10.1. The van der Waals surface area contributed by atoms with Crippen LogP contribution in [0.3, 0.4) is 0 Å². The summed E-state index contributed by atoms with van der Waals surface area (Å²) >= 11 is 1.84. The van der Waals surface area contributed by atoms with Crippen molar-refractivity contribution >= 4 is 27.4 Å². The van der Waals surface area contributed by atoms with Gasteiger partial charge in [0.05, 0.1) is 11.5 Å². The lowest BCUT2D eigenvalue weighted by Gasteiger charge is -2.27. The molecule has 2 aromatic heterocycles. The number of aromatic nitrogens is 2. The van der Waals surface area contributed by atoms with E-state index in [2.05, 4.69) is 15.3 Å². The third-order valence-electron chi connectivity index (χ3n) is 5.41. The molecule has 1 fully saturated rings. The first-order valence-corrected chi connectivity index (χ1v) is 9.82. The van der Waals surface area contributed by atoms with Gasteiger partial charge in [-0.1, -0.05) is 12.8 Å². The Labute approximate surface area is 141 Å². The summed E-state index contributed by atoms with van der Waals surface area (Å²) in [5.41, 5.74) is 1.48. The van der Waals surface area contributed by atoms with E-state index in [0.29, 0.717) is 5.92 Å². The molecular formula is C18H25N3OS. The van der Waals surface area contributed by atoms with Crippen molar-refractivity contribution in [1.82, 2.24) is 9.97 Å². The Morgan fingerprint density at radius 3 is 3.00 bits per heavy atom. The molecule has 4 nitrogen and oxygen atoms in total. The zero-order valence-electron chi connectivity index (χ0n) is 13.6. The lowest BCUT2D eigenvalue weighted by atomic mass is 9.83. The van der Waals surface area contributed by atoms with Gasteiger partial charge in [-0.15, -0.1) is 11.3 Å². The number of hydrogen-bond donors (Lipinski definition) is 2. The van der Waals surface area contributed by atoms with E-state index in [0.717, 1.165) is 36.5 Å². The van der Waals surface area contributed by atoms with Crippen LogP contribution in [0.15, 0.2) is 6.33 Å². The van der Waals surface area contributed by atoms with Crippen LogP contribution in [-0.4, -0.2) is 27.7 Å². The number of fused-ring (bicyclic) bond motifs is 3. The van der Waals surface area contributed by atoms with Crippen LogP contribution in [0.4, 0.5) is 5.82 Å². The Balaban J connectivity index is 1.38. The summed E-state index contributed by atoms with van der Waals surface area (Å²) in [5, 5.41) is 14.9. The fraction of sp³-hybridized carbons (Fsp3) is 0.667. The minimum atomic E-state index is -0.0744. The summed E-state index contributed by atoms with van der Waals surface area (Å²) in [5.74, 6) is 1.51. The second-order valence-corrected chi connectivity index (χ2v) is 8.02. The SMILES string of the molecule is OC1CCCCC1CCCNc1ncnc2sc3c(c12)CCC3. The molecular weight excluding hydrogens is 306 g/mol. The second-order valence-electron chi connectivity index (χ2n) is 6.94. The molecule has 0 amide bonds. The van der Waals surface area contributed by atoms with Crippen molar-refractivity contribution in [3.63, 3.8) is 0 Å². The van der Waals surface area contributed by atoms with Crippen molar-refractivity contribution in [2.45, 2.75) is 63.9 Å². The van der Waals surface area contributed by atoms with Crippen LogP contribution in [0.25, 0.3) is 10.2 Å². The Bertz CT molecular complexity index is 684. The summed E-state index contributed by atoms with van der Waals surface area (Å²) in [7, 11) is 0. The molecule has 0 spiro atoms. The van der Waals surface area contributed by atoms with E-state index in [1.807, 2.05) is 11.3 Å². The first-order chi connectivity index (χ1) is 11.3. The van der Waals surface area contributed by atoms with Crippen LogP contribution in [0.2, 0.25) is 0 Å². The Morgan fingerprint density at radius 1 is 1.17 bits per heavy atom. The topological polar surface area (TPSA) is 58.0 Å². The van der Waals surface area contributed by atoms with E-state index in [1.165, 1.54) is 54.4 Å². The highest BCUT2D eigenvalue weighted by Crippen LogP contribution is 2.39. The van der Waals surface area contributed by atoms with Crippen molar-refractivity contribution in [2.24, 2.45) is 5.92 Å². The molecule has 2 aliphatic rings. The van der Waals surface area contributed by atoms with E-state index >= 15 is 0 Å². The third kappa shape index (κ3) is 3.09. The molecule has 2 unspecified atom stereocenters. The molecule has 0 aliphatic heterocycles. The highest BCUT2D eigenvalue weighted by atomic mass is 32.1. The van der Waals surface area contributed by atoms with Gasteiger partial charge in [-0.05, 0) is 56.4 Å². The molecule has 23 heavy (non-hydrogen) atoms. The average molecular weight is 331 g/mol. The van der Waals surface area contributed by atoms with Crippen LogP contribution < -0.4 is 5.32 Å². The zero-order chi connectivity index (χ0) is 15.6. The van der Waals surface area contributed by atoms with Crippen LogP contribution in [0.1, 0.15) is 55.4 Å². The highest BCUT2D eigenvalue weighted by Gasteiger charge is 2.23. The maximum atomic E-state index is 10.1. The Morgan fingerprint density at radius 2 is 2.09 bits per heavy atom. The van der Waals surface area contributed by atoms with Gasteiger partial charge in [0.25, 0.3) is 0 Å². The van der Waals surface area contributed by atoms with Crippen molar-refractivity contribution in [1.29, 1.82) is 0 Å². The molecule has 4 rings (SSSR count). The number of aliphatic hydroxyl groups excluding tert-OH is 1. The standard InChI is InChI=1S/C18H25N3OS/c22-14-8-2-1-5-12(14)6-4-10-19-17-16-13-7-3-9-15(13)23-18(16)21-11-20-17/h11-12,14,22H,1-10H2,(H,19,20,21). The molecule has 0 aromatic carbocycles. The number of rotatable bonds is 5. The molecule has 2 heterocycles. The summed E-state index contributed by atoms with van der Waals surface area (Å²) in [6, 6.07) is 0. The van der Waals surface area contributed by atoms with E-state index in [4.69, 9.17) is 0 Å². The van der Waals surface area contributed by atoms with Crippen LogP contribution in [0.5, 0.6) is 0 Å². The van der Waals surface area contributed by atoms with Crippen LogP contribution in [-0.2, 0) is 12.8 Å². The number of anilines is 1. The molecule has 0 radical (unpaired) electrons. The van der Waals surface area contributed by atoms with Crippen molar-refractivity contribution in [3.8, 4) is 0 Å². The molecule has 2 aliphatic carbocycles. The van der Waals surface area contributed by atoms with Crippen LogP contribution in [0, 0.1) is 5.92 Å². The second kappa shape index (κ2) is 6.73. The van der Waals surface area contributed by atoms with Gasteiger partial charge in [0.1, 0.15) is 17.0 Å². The van der Waals surface area contributed by atoms with Gasteiger partial charge in [-0.3, -0.25) is 0 Å². The average Bonchev–Trinajstić information content (AvgIpc) is 3.14. The molecule has 0 bridgehead atoms. The minimum absolute atomic E-state index is 0.0744. The van der Waals surface area contributed by atoms with E-state index in [1.54, 1.807) is 6.33 Å². The van der Waals surface area contributed by atoms with Gasteiger partial charge in [-0.2, -0.15) is 0 Å². The number of aryl methyl sites for hydroxylation is 2. The lowest BCUT2D eigenvalue weighted by Crippen LogP contribution is -2.24. The Kier molecular flexibility index (Phi) is 4.49. The number of nitrogens with one attached hydrogen (secondary N) is 1. The van der Waals surface area contributed by atoms with E-state index < -0.39 is 0 Å². The predicted octanol–water partition coefficient (Wildman–Crippen LogP) is 3.92. The number of nitrogens with zero attached hydrogens (tertiary/aromatic N) is 2. The molecule has 2 N–H and O–H groups in total. The fourth-order valence-electron chi connectivity index (χ4n) is 4.16. The smallest absolute Gasteiger partial charge is 0.138 e. The van der Waals surface area contributed by atoms with Gasteiger partial charge >= 0.3 is 0 Å². The summed E-state index contributed by atoms with van der Waals surface area (Å²) in [4.78, 5) is 11.6. The number of aliphatic hydroxyl groups is 1. The monoisotopic (exact) mass is 331 g/mol. The van der Waals surface area contributed by atoms with Gasteiger partial charge < -0.3 is 10.4 Å². The number of hydrogen-bond acceptors (Lipinski definition) is 5. The molecule has 2 aromatic rings. The van der Waals surface area contributed by atoms with E-state index in [9.17, 15) is 5.11 Å². The van der Waals surface area contributed by atoms with Gasteiger partial charge in [0.15, 0.2) is 0 Å². The first kappa shape index (κ1) is 15.3. The van der Waals surface area contributed by atoms with Crippen molar-refractivity contribution in [3.05, 3.63) is 16.8 Å².